The molecule has 1 atom stereocenters. The predicted molar refractivity (Wildman–Crippen MR) is 55.9 cm³/mol. The maximum absolute atomic E-state index is 10.7. The first-order valence-electron chi connectivity index (χ1n) is 4.26. The van der Waals surface area contributed by atoms with Crippen LogP contribution in [-0.2, 0) is 0 Å². The number of aromatic carboxylic acids is 1. The van der Waals surface area contributed by atoms with E-state index in [0.717, 1.165) is 5.56 Å². The van der Waals surface area contributed by atoms with E-state index in [-0.39, 0.29) is 11.6 Å². The minimum Gasteiger partial charge on any atom is -0.478 e. The Hall–Kier alpha value is -1.06. The number of benzene rings is 1. The van der Waals surface area contributed by atoms with Gasteiger partial charge in [-0.15, -0.1) is 0 Å². The van der Waals surface area contributed by atoms with E-state index in [1.165, 1.54) is 6.07 Å². The van der Waals surface area contributed by atoms with Crippen LogP contribution in [0.15, 0.2) is 18.2 Å². The van der Waals surface area contributed by atoms with E-state index in [0.29, 0.717) is 5.02 Å². The second kappa shape index (κ2) is 4.44. The zero-order valence-corrected chi connectivity index (χ0v) is 8.80. The van der Waals surface area contributed by atoms with Crippen LogP contribution in [0.5, 0.6) is 0 Å². The number of halogens is 1. The molecule has 0 bridgehead atoms. The Bertz CT molecular complexity index is 352. The number of carboxylic acids is 1. The second-order valence-electron chi connectivity index (χ2n) is 3.05. The monoisotopic (exact) mass is 213 g/mol. The van der Waals surface area contributed by atoms with Gasteiger partial charge in [0.2, 0.25) is 0 Å². The van der Waals surface area contributed by atoms with Crippen LogP contribution >= 0.6 is 11.6 Å². The Morgan fingerprint density at radius 3 is 2.71 bits per heavy atom. The van der Waals surface area contributed by atoms with Gasteiger partial charge in [0.1, 0.15) is 0 Å². The molecule has 0 aromatic heterocycles. The molecular weight excluding hydrogens is 202 g/mol. The third-order valence-electron chi connectivity index (χ3n) is 2.14. The lowest BCUT2D eigenvalue weighted by atomic mass is 10.1. The quantitative estimate of drug-likeness (QED) is 0.810. The van der Waals surface area contributed by atoms with Crippen LogP contribution in [0.3, 0.4) is 0 Å². The summed E-state index contributed by atoms with van der Waals surface area (Å²) in [4.78, 5) is 10.7. The Balaban J connectivity index is 3.14. The van der Waals surface area contributed by atoms with E-state index in [4.69, 9.17) is 16.7 Å². The normalized spacial score (nSPS) is 12.5. The van der Waals surface area contributed by atoms with Crippen molar-refractivity contribution in [1.29, 1.82) is 0 Å². The lowest BCUT2D eigenvalue weighted by Gasteiger charge is -2.12. The highest BCUT2D eigenvalue weighted by Crippen LogP contribution is 2.23. The smallest absolute Gasteiger partial charge is 0.335 e. The average Bonchev–Trinajstić information content (AvgIpc) is 2.17. The largest absolute Gasteiger partial charge is 0.478 e. The van der Waals surface area contributed by atoms with Crippen molar-refractivity contribution in [3.05, 3.63) is 34.3 Å². The van der Waals surface area contributed by atoms with Crippen LogP contribution < -0.4 is 5.32 Å². The molecule has 1 aromatic carbocycles. The fraction of sp³-hybridized carbons (Fsp3) is 0.300. The van der Waals surface area contributed by atoms with Crippen molar-refractivity contribution < 1.29 is 9.90 Å². The first-order chi connectivity index (χ1) is 6.56. The van der Waals surface area contributed by atoms with E-state index < -0.39 is 5.97 Å². The Morgan fingerprint density at radius 2 is 2.21 bits per heavy atom. The van der Waals surface area contributed by atoms with Crippen LogP contribution in [0.1, 0.15) is 28.9 Å². The number of hydrogen-bond donors (Lipinski definition) is 2. The van der Waals surface area contributed by atoms with Gasteiger partial charge in [-0.25, -0.2) is 4.79 Å². The summed E-state index contributed by atoms with van der Waals surface area (Å²) in [7, 11) is 1.80. The van der Waals surface area contributed by atoms with Crippen molar-refractivity contribution in [1.82, 2.24) is 5.32 Å². The molecule has 0 amide bonds. The van der Waals surface area contributed by atoms with Crippen molar-refractivity contribution >= 4 is 17.6 Å². The summed E-state index contributed by atoms with van der Waals surface area (Å²) in [6, 6.07) is 4.73. The molecule has 1 aromatic rings. The minimum absolute atomic E-state index is 0.0433. The standard InChI is InChI=1S/C10H12ClNO2/c1-6(12-2)8-5-7(10(13)14)3-4-9(8)11/h3-6,12H,1-2H3,(H,13,14)/t6-/m0/s1. The van der Waals surface area contributed by atoms with Crippen molar-refractivity contribution in [2.24, 2.45) is 0 Å². The summed E-state index contributed by atoms with van der Waals surface area (Å²) in [6.45, 7) is 1.92. The Morgan fingerprint density at radius 1 is 1.57 bits per heavy atom. The molecule has 1 rings (SSSR count). The molecule has 0 spiro atoms. The van der Waals surface area contributed by atoms with Gasteiger partial charge in [0, 0.05) is 11.1 Å². The van der Waals surface area contributed by atoms with Gasteiger partial charge in [-0.05, 0) is 37.7 Å². The van der Waals surface area contributed by atoms with Gasteiger partial charge in [0.25, 0.3) is 0 Å². The summed E-state index contributed by atoms with van der Waals surface area (Å²) in [5.41, 5.74) is 1.06. The van der Waals surface area contributed by atoms with E-state index in [2.05, 4.69) is 5.32 Å². The van der Waals surface area contributed by atoms with Crippen molar-refractivity contribution in [2.75, 3.05) is 7.05 Å². The summed E-state index contributed by atoms with van der Waals surface area (Å²) >= 11 is 5.94. The van der Waals surface area contributed by atoms with Crippen molar-refractivity contribution in [3.63, 3.8) is 0 Å². The van der Waals surface area contributed by atoms with Crippen molar-refractivity contribution in [2.45, 2.75) is 13.0 Å². The van der Waals surface area contributed by atoms with Gasteiger partial charge in [-0.1, -0.05) is 11.6 Å². The highest BCUT2D eigenvalue weighted by molar-refractivity contribution is 6.31. The van der Waals surface area contributed by atoms with Crippen LogP contribution in [0.25, 0.3) is 0 Å². The number of carboxylic acid groups (broad SMARTS) is 1. The third-order valence-corrected chi connectivity index (χ3v) is 2.49. The Kier molecular flexibility index (Phi) is 3.49. The Labute approximate surface area is 87.7 Å². The molecule has 14 heavy (non-hydrogen) atoms. The fourth-order valence-electron chi connectivity index (χ4n) is 1.16. The molecule has 0 unspecified atom stereocenters. The van der Waals surface area contributed by atoms with Crippen LogP contribution in [0.2, 0.25) is 5.02 Å². The van der Waals surface area contributed by atoms with Crippen LogP contribution in [-0.4, -0.2) is 18.1 Å². The number of hydrogen-bond acceptors (Lipinski definition) is 2. The zero-order chi connectivity index (χ0) is 10.7. The minimum atomic E-state index is -0.939. The fourth-order valence-corrected chi connectivity index (χ4v) is 1.45. The molecule has 2 N–H and O–H groups in total. The first kappa shape index (κ1) is 11.0. The number of nitrogens with one attached hydrogen (secondary N) is 1. The molecule has 0 fully saturated rings. The molecule has 0 aliphatic carbocycles. The van der Waals surface area contributed by atoms with Gasteiger partial charge in [0.15, 0.2) is 0 Å². The second-order valence-corrected chi connectivity index (χ2v) is 3.46. The first-order valence-corrected chi connectivity index (χ1v) is 4.64. The summed E-state index contributed by atoms with van der Waals surface area (Å²) < 4.78 is 0. The maximum atomic E-state index is 10.7. The highest BCUT2D eigenvalue weighted by Gasteiger charge is 2.11. The van der Waals surface area contributed by atoms with E-state index in [9.17, 15) is 4.79 Å². The molecule has 0 aliphatic heterocycles. The van der Waals surface area contributed by atoms with Gasteiger partial charge >= 0.3 is 5.97 Å². The number of carbonyl (C=O) groups is 1. The van der Waals surface area contributed by atoms with Gasteiger partial charge in [0.05, 0.1) is 5.56 Å². The number of rotatable bonds is 3. The van der Waals surface area contributed by atoms with Crippen LogP contribution in [0, 0.1) is 0 Å². The lowest BCUT2D eigenvalue weighted by molar-refractivity contribution is 0.0697. The molecule has 0 heterocycles. The molecular formula is C10H12ClNO2. The summed E-state index contributed by atoms with van der Waals surface area (Å²) in [5.74, 6) is -0.939. The van der Waals surface area contributed by atoms with E-state index in [1.54, 1.807) is 19.2 Å². The zero-order valence-electron chi connectivity index (χ0n) is 8.04. The highest BCUT2D eigenvalue weighted by atomic mass is 35.5. The van der Waals surface area contributed by atoms with Gasteiger partial charge in [-0.2, -0.15) is 0 Å². The maximum Gasteiger partial charge on any atom is 0.335 e. The molecule has 0 saturated heterocycles. The topological polar surface area (TPSA) is 49.3 Å². The molecule has 3 nitrogen and oxygen atoms in total. The molecule has 0 radical (unpaired) electrons. The molecule has 0 aliphatic rings. The molecule has 0 saturated carbocycles. The average molecular weight is 214 g/mol. The van der Waals surface area contributed by atoms with Gasteiger partial charge in [-0.3, -0.25) is 0 Å². The van der Waals surface area contributed by atoms with E-state index in [1.807, 2.05) is 6.92 Å². The lowest BCUT2D eigenvalue weighted by Crippen LogP contribution is -2.13. The summed E-state index contributed by atoms with van der Waals surface area (Å²) in [6.07, 6.45) is 0. The SMILES string of the molecule is CN[C@@H](C)c1cc(C(=O)O)ccc1Cl. The van der Waals surface area contributed by atoms with E-state index >= 15 is 0 Å². The summed E-state index contributed by atoms with van der Waals surface area (Å²) in [5, 5.41) is 12.4. The van der Waals surface area contributed by atoms with Crippen LogP contribution in [0.4, 0.5) is 0 Å². The molecule has 4 heteroatoms. The third kappa shape index (κ3) is 2.25. The molecule has 76 valence electrons. The van der Waals surface area contributed by atoms with Gasteiger partial charge < -0.3 is 10.4 Å². The van der Waals surface area contributed by atoms with Crippen molar-refractivity contribution in [3.8, 4) is 0 Å². The predicted octanol–water partition coefficient (Wildman–Crippen LogP) is 2.32.